The first kappa shape index (κ1) is 22.3. The van der Waals surface area contributed by atoms with Crippen LogP contribution in [0.2, 0.25) is 0 Å². The number of hydrogen-bond donors (Lipinski definition) is 1. The molecule has 3 aromatic rings. The van der Waals surface area contributed by atoms with Crippen LogP contribution in [0.25, 0.3) is 10.8 Å². The second-order valence-electron chi connectivity index (χ2n) is 9.06. The van der Waals surface area contributed by atoms with Crippen LogP contribution in [-0.2, 0) is 16.8 Å². The van der Waals surface area contributed by atoms with Gasteiger partial charge in [0.2, 0.25) is 5.91 Å². The van der Waals surface area contributed by atoms with Crippen molar-refractivity contribution in [2.24, 2.45) is 5.92 Å². The summed E-state index contributed by atoms with van der Waals surface area (Å²) in [5.41, 5.74) is 0.871. The largest absolute Gasteiger partial charge is 0.497 e. The number of methoxy groups -OCH3 is 1. The van der Waals surface area contributed by atoms with E-state index in [4.69, 9.17) is 4.74 Å². The van der Waals surface area contributed by atoms with Crippen LogP contribution in [0.4, 0.5) is 0 Å². The summed E-state index contributed by atoms with van der Waals surface area (Å²) in [5, 5.41) is 14.1. The van der Waals surface area contributed by atoms with Crippen LogP contribution in [0.15, 0.2) is 66.7 Å². The molecule has 0 radical (unpaired) electrons. The molecule has 0 aromatic heterocycles. The monoisotopic (exact) mass is 432 g/mol. The lowest BCUT2D eigenvalue weighted by atomic mass is 9.75. The first-order valence-corrected chi connectivity index (χ1v) is 11.2. The summed E-state index contributed by atoms with van der Waals surface area (Å²) in [6, 6.07) is 22.1. The van der Waals surface area contributed by atoms with E-state index in [9.17, 15) is 9.90 Å². The minimum absolute atomic E-state index is 0.0982. The van der Waals surface area contributed by atoms with E-state index in [0.29, 0.717) is 32.5 Å². The molecule has 2 unspecified atom stereocenters. The molecule has 1 fully saturated rings. The minimum Gasteiger partial charge on any atom is -0.497 e. The van der Waals surface area contributed by atoms with Crippen molar-refractivity contribution in [2.75, 3.05) is 40.8 Å². The smallest absolute Gasteiger partial charge is 0.227 e. The molecule has 1 N–H and O–H groups in total. The number of carbonyl (C=O) groups is 1. The van der Waals surface area contributed by atoms with Crippen molar-refractivity contribution in [1.82, 2.24) is 9.80 Å². The SMILES string of the molecule is COc1cccc(C2(O)CCN(C(=O)Cc3ccc4ccccc4c3)CC2CN(C)C)c1. The Hall–Kier alpha value is -2.89. The molecule has 32 heavy (non-hydrogen) atoms. The molecular weight excluding hydrogens is 400 g/mol. The van der Waals surface area contributed by atoms with Crippen LogP contribution < -0.4 is 4.74 Å². The van der Waals surface area contributed by atoms with Gasteiger partial charge in [-0.25, -0.2) is 0 Å². The molecule has 1 amide bonds. The molecule has 5 heteroatoms. The van der Waals surface area contributed by atoms with E-state index in [2.05, 4.69) is 29.2 Å². The molecule has 0 spiro atoms. The van der Waals surface area contributed by atoms with Crippen LogP contribution in [0.5, 0.6) is 5.75 Å². The number of nitrogens with zero attached hydrogens (tertiary/aromatic N) is 2. The average Bonchev–Trinajstić information content (AvgIpc) is 2.80. The zero-order valence-electron chi connectivity index (χ0n) is 19.1. The van der Waals surface area contributed by atoms with Crippen molar-refractivity contribution in [3.05, 3.63) is 77.9 Å². The number of aliphatic hydroxyl groups is 1. The Bertz CT molecular complexity index is 1100. The fourth-order valence-corrected chi connectivity index (χ4v) is 4.80. The molecule has 5 nitrogen and oxygen atoms in total. The summed E-state index contributed by atoms with van der Waals surface area (Å²) in [6.07, 6.45) is 0.874. The summed E-state index contributed by atoms with van der Waals surface area (Å²) in [5.74, 6) is 0.741. The first-order chi connectivity index (χ1) is 15.4. The number of fused-ring (bicyclic) bond motifs is 1. The zero-order chi connectivity index (χ0) is 22.7. The number of ether oxygens (including phenoxy) is 1. The highest BCUT2D eigenvalue weighted by molar-refractivity contribution is 5.85. The highest BCUT2D eigenvalue weighted by Gasteiger charge is 2.44. The third kappa shape index (κ3) is 4.64. The Labute approximate surface area is 190 Å². The van der Waals surface area contributed by atoms with Crippen molar-refractivity contribution in [3.8, 4) is 5.75 Å². The highest BCUT2D eigenvalue weighted by Crippen LogP contribution is 2.39. The first-order valence-electron chi connectivity index (χ1n) is 11.2. The van der Waals surface area contributed by atoms with Gasteiger partial charge in [-0.3, -0.25) is 4.79 Å². The number of benzene rings is 3. The quantitative estimate of drug-likeness (QED) is 0.646. The van der Waals surface area contributed by atoms with Gasteiger partial charge in [0.25, 0.3) is 0 Å². The topological polar surface area (TPSA) is 53.0 Å². The maximum atomic E-state index is 13.2. The van der Waals surface area contributed by atoms with Crippen molar-refractivity contribution >= 4 is 16.7 Å². The third-order valence-electron chi connectivity index (χ3n) is 6.56. The lowest BCUT2D eigenvalue weighted by Gasteiger charge is -2.46. The van der Waals surface area contributed by atoms with Crippen LogP contribution in [0.3, 0.4) is 0 Å². The molecular formula is C27H32N2O3. The van der Waals surface area contributed by atoms with Gasteiger partial charge >= 0.3 is 0 Å². The second-order valence-corrected chi connectivity index (χ2v) is 9.06. The second kappa shape index (κ2) is 9.31. The summed E-state index contributed by atoms with van der Waals surface area (Å²) < 4.78 is 5.38. The van der Waals surface area contributed by atoms with E-state index in [0.717, 1.165) is 22.3 Å². The zero-order valence-corrected chi connectivity index (χ0v) is 19.1. The molecule has 168 valence electrons. The Morgan fingerprint density at radius 2 is 1.88 bits per heavy atom. The minimum atomic E-state index is -1.00. The molecule has 0 aliphatic carbocycles. The van der Waals surface area contributed by atoms with Crippen LogP contribution in [0.1, 0.15) is 17.5 Å². The Morgan fingerprint density at radius 1 is 1.09 bits per heavy atom. The lowest BCUT2D eigenvalue weighted by molar-refractivity contribution is -0.141. The molecule has 2 atom stereocenters. The van der Waals surface area contributed by atoms with Crippen LogP contribution in [-0.4, -0.2) is 61.7 Å². The van der Waals surface area contributed by atoms with Gasteiger partial charge in [0.05, 0.1) is 19.1 Å². The predicted molar refractivity (Wildman–Crippen MR) is 128 cm³/mol. The van der Waals surface area contributed by atoms with E-state index >= 15 is 0 Å². The van der Waals surface area contributed by atoms with E-state index in [1.165, 1.54) is 5.39 Å². The Morgan fingerprint density at radius 3 is 2.62 bits per heavy atom. The van der Waals surface area contributed by atoms with Gasteiger partial charge in [-0.05, 0) is 54.5 Å². The molecule has 1 heterocycles. The van der Waals surface area contributed by atoms with Crippen molar-refractivity contribution in [2.45, 2.75) is 18.4 Å². The lowest BCUT2D eigenvalue weighted by Crippen LogP contribution is -2.54. The van der Waals surface area contributed by atoms with Crippen LogP contribution >= 0.6 is 0 Å². The fraction of sp³-hybridized carbons (Fsp3) is 0.370. The number of amides is 1. The Balaban J connectivity index is 1.53. The van der Waals surface area contributed by atoms with Gasteiger partial charge < -0.3 is 19.6 Å². The summed E-state index contributed by atoms with van der Waals surface area (Å²) in [6.45, 7) is 1.75. The predicted octanol–water partition coefficient (Wildman–Crippen LogP) is 3.69. The van der Waals surface area contributed by atoms with Gasteiger partial charge in [-0.15, -0.1) is 0 Å². The van der Waals surface area contributed by atoms with Crippen molar-refractivity contribution in [3.63, 3.8) is 0 Å². The average molecular weight is 433 g/mol. The summed E-state index contributed by atoms with van der Waals surface area (Å²) >= 11 is 0. The number of likely N-dealkylation sites (tertiary alicyclic amines) is 1. The Kier molecular flexibility index (Phi) is 6.49. The number of hydrogen-bond acceptors (Lipinski definition) is 4. The normalized spacial score (nSPS) is 21.2. The molecule has 1 aliphatic rings. The van der Waals surface area contributed by atoms with E-state index in [1.807, 2.05) is 61.5 Å². The highest BCUT2D eigenvalue weighted by atomic mass is 16.5. The van der Waals surface area contributed by atoms with Gasteiger partial charge in [0.1, 0.15) is 5.75 Å². The molecule has 4 rings (SSSR count). The molecule has 1 saturated heterocycles. The van der Waals surface area contributed by atoms with Gasteiger partial charge in [0.15, 0.2) is 0 Å². The molecule has 3 aromatic carbocycles. The standard InChI is InChI=1S/C27H32N2O3/c1-28(2)18-24-19-29(14-13-27(24,31)23-9-6-10-25(17-23)32-3)26(30)16-20-11-12-21-7-4-5-8-22(21)15-20/h4-12,15,17,24,31H,13-14,16,18-19H2,1-3H3. The maximum absolute atomic E-state index is 13.2. The fourth-order valence-electron chi connectivity index (χ4n) is 4.80. The maximum Gasteiger partial charge on any atom is 0.227 e. The van der Waals surface area contributed by atoms with Crippen LogP contribution in [0, 0.1) is 5.92 Å². The van der Waals surface area contributed by atoms with Gasteiger partial charge in [-0.1, -0.05) is 54.6 Å². The van der Waals surface area contributed by atoms with Gasteiger partial charge in [-0.2, -0.15) is 0 Å². The molecule has 0 saturated carbocycles. The van der Waals surface area contributed by atoms with E-state index in [-0.39, 0.29) is 11.8 Å². The van der Waals surface area contributed by atoms with E-state index in [1.54, 1.807) is 7.11 Å². The summed E-state index contributed by atoms with van der Waals surface area (Å²) in [4.78, 5) is 17.2. The number of rotatable bonds is 6. The van der Waals surface area contributed by atoms with Crippen molar-refractivity contribution in [1.29, 1.82) is 0 Å². The van der Waals surface area contributed by atoms with Gasteiger partial charge in [0, 0.05) is 25.6 Å². The van der Waals surface area contributed by atoms with E-state index < -0.39 is 5.60 Å². The molecule has 0 bridgehead atoms. The third-order valence-corrected chi connectivity index (χ3v) is 6.56. The summed E-state index contributed by atoms with van der Waals surface area (Å²) in [7, 11) is 5.64. The molecule has 1 aliphatic heterocycles. The number of piperidine rings is 1. The number of carbonyl (C=O) groups excluding carboxylic acids is 1. The van der Waals surface area contributed by atoms with Crippen molar-refractivity contribution < 1.29 is 14.6 Å².